The molecular formula is C30H40O12. The van der Waals surface area contributed by atoms with Gasteiger partial charge in [0.05, 0.1) is 30.5 Å². The van der Waals surface area contributed by atoms with Crippen LogP contribution in [0.25, 0.3) is 0 Å². The number of fused-ring (bicyclic) bond motifs is 3. The van der Waals surface area contributed by atoms with Crippen molar-refractivity contribution in [3.05, 3.63) is 24.0 Å². The number of hydrogen-bond acceptors (Lipinski definition) is 12. The van der Waals surface area contributed by atoms with Crippen LogP contribution >= 0.6 is 0 Å². The van der Waals surface area contributed by atoms with E-state index in [2.05, 4.69) is 0 Å². The molecule has 3 fully saturated rings. The topological polar surface area (TPSA) is 156 Å². The first kappa shape index (κ1) is 30.5. The Morgan fingerprint density at radius 1 is 1.07 bits per heavy atom. The highest BCUT2D eigenvalue weighted by Gasteiger charge is 2.81. The molecule has 1 spiro atoms. The molecule has 0 aromatic heterocycles. The van der Waals surface area contributed by atoms with Crippen molar-refractivity contribution >= 4 is 23.9 Å². The van der Waals surface area contributed by atoms with Gasteiger partial charge in [-0.1, -0.05) is 12.5 Å². The van der Waals surface area contributed by atoms with Gasteiger partial charge in [-0.3, -0.25) is 14.4 Å². The van der Waals surface area contributed by atoms with Gasteiger partial charge in [-0.15, -0.1) is 0 Å². The zero-order valence-corrected chi connectivity index (χ0v) is 25.0. The minimum Gasteiger partial charge on any atom is -0.472 e. The standard InChI is InChI=1S/C30H40O12/c1-15-10-23(39-17(3)32)29(13-37-16(2)31)21(28(15,7)22-11-19-8-9-36-25(19)40-22)12-20(34)24(30(29)14-38-30)41-26(35)27(5,6)42-18(4)33/h8-10,19-25,34H,11-14H2,1-7H3/t19-,20-,21-,22+,23+,24+,25-,28+,29+,30-/m1/s1. The third kappa shape index (κ3) is 4.62. The number of hydrogen-bond donors (Lipinski definition) is 1. The number of ether oxygens (including phenoxy) is 7. The van der Waals surface area contributed by atoms with E-state index in [0.29, 0.717) is 6.42 Å². The zero-order valence-electron chi connectivity index (χ0n) is 25.0. The fourth-order valence-electron chi connectivity index (χ4n) is 7.75. The van der Waals surface area contributed by atoms with Crippen molar-refractivity contribution in [3.63, 3.8) is 0 Å². The molecule has 1 saturated carbocycles. The third-order valence-corrected chi connectivity index (χ3v) is 9.91. The van der Waals surface area contributed by atoms with Crippen LogP contribution in [0, 0.1) is 22.7 Å². The van der Waals surface area contributed by atoms with Gasteiger partial charge in [-0.25, -0.2) is 4.79 Å². The monoisotopic (exact) mass is 592 g/mol. The Morgan fingerprint density at radius 2 is 1.76 bits per heavy atom. The molecule has 0 unspecified atom stereocenters. The molecule has 0 aromatic carbocycles. The summed E-state index contributed by atoms with van der Waals surface area (Å²) in [4.78, 5) is 49.7. The molecule has 12 nitrogen and oxygen atoms in total. The molecule has 1 N–H and O–H groups in total. The second kappa shape index (κ2) is 10.3. The van der Waals surface area contributed by atoms with Gasteiger partial charge in [0.2, 0.25) is 11.9 Å². The summed E-state index contributed by atoms with van der Waals surface area (Å²) >= 11 is 0. The predicted octanol–water partition coefficient (Wildman–Crippen LogP) is 2.11. The Bertz CT molecular complexity index is 1220. The van der Waals surface area contributed by atoms with Crippen molar-refractivity contribution in [3.8, 4) is 0 Å². The Balaban J connectivity index is 1.63. The SMILES string of the molecule is CC(=O)OC[C@@]12[C@@H](OC(C)=O)C=C(C)[C@](C)([C@@H]3C[C@H]4C=CO[C@@H]4O3)[C@H]1C[C@@H](O)[C@H](OC(=O)C(C)(C)OC(C)=O)[C@]21CO1. The summed E-state index contributed by atoms with van der Waals surface area (Å²) in [6.45, 7) is 10.3. The Labute approximate surface area is 244 Å². The normalized spacial score (nSPS) is 41.6. The molecular weight excluding hydrogens is 552 g/mol. The Hall–Kier alpha value is -2.96. The lowest BCUT2D eigenvalue weighted by Crippen LogP contribution is -2.73. The summed E-state index contributed by atoms with van der Waals surface area (Å²) < 4.78 is 41.0. The van der Waals surface area contributed by atoms with Crippen LogP contribution in [0.4, 0.5) is 0 Å². The van der Waals surface area contributed by atoms with Gasteiger partial charge in [0.25, 0.3) is 0 Å². The maximum Gasteiger partial charge on any atom is 0.350 e. The predicted molar refractivity (Wildman–Crippen MR) is 142 cm³/mol. The van der Waals surface area contributed by atoms with Crippen LogP contribution in [-0.2, 0) is 52.3 Å². The average Bonchev–Trinajstić information content (AvgIpc) is 3.36. The molecule has 12 heteroatoms. The van der Waals surface area contributed by atoms with Crippen LogP contribution in [0.1, 0.15) is 61.3 Å². The second-order valence-corrected chi connectivity index (χ2v) is 12.8. The van der Waals surface area contributed by atoms with E-state index in [9.17, 15) is 24.3 Å². The molecule has 2 saturated heterocycles. The first-order chi connectivity index (χ1) is 19.6. The van der Waals surface area contributed by atoms with Crippen molar-refractivity contribution in [2.45, 2.75) is 103 Å². The number of aliphatic hydroxyl groups is 1. The van der Waals surface area contributed by atoms with Crippen LogP contribution in [-0.4, -0.2) is 84.1 Å². The number of carbonyl (C=O) groups excluding carboxylic acids is 4. The maximum absolute atomic E-state index is 13.3. The van der Waals surface area contributed by atoms with E-state index in [1.807, 2.05) is 26.0 Å². The van der Waals surface area contributed by atoms with E-state index in [4.69, 9.17) is 33.2 Å². The highest BCUT2D eigenvalue weighted by atomic mass is 16.7. The van der Waals surface area contributed by atoms with Crippen molar-refractivity contribution in [1.82, 2.24) is 0 Å². The van der Waals surface area contributed by atoms with Crippen LogP contribution in [0.5, 0.6) is 0 Å². The number of epoxide rings is 1. The summed E-state index contributed by atoms with van der Waals surface area (Å²) in [5.74, 6) is -3.17. The largest absolute Gasteiger partial charge is 0.472 e. The molecule has 3 heterocycles. The molecule has 0 radical (unpaired) electrons. The fraction of sp³-hybridized carbons (Fsp3) is 0.733. The molecule has 232 valence electrons. The van der Waals surface area contributed by atoms with Crippen LogP contribution < -0.4 is 0 Å². The zero-order chi connectivity index (χ0) is 30.8. The van der Waals surface area contributed by atoms with Gasteiger partial charge >= 0.3 is 23.9 Å². The van der Waals surface area contributed by atoms with Gasteiger partial charge in [0.1, 0.15) is 18.3 Å². The van der Waals surface area contributed by atoms with Gasteiger partial charge in [0, 0.05) is 32.1 Å². The smallest absolute Gasteiger partial charge is 0.350 e. The first-order valence-corrected chi connectivity index (χ1v) is 14.3. The summed E-state index contributed by atoms with van der Waals surface area (Å²) in [6.07, 6.45) is 1.91. The summed E-state index contributed by atoms with van der Waals surface area (Å²) in [7, 11) is 0. The Kier molecular flexibility index (Phi) is 7.51. The molecule has 0 aromatic rings. The van der Waals surface area contributed by atoms with E-state index in [-0.39, 0.29) is 31.7 Å². The van der Waals surface area contributed by atoms with Crippen molar-refractivity contribution in [2.24, 2.45) is 22.7 Å². The number of rotatable bonds is 7. The number of esters is 4. The highest BCUT2D eigenvalue weighted by molar-refractivity contribution is 5.82. The van der Waals surface area contributed by atoms with Crippen molar-refractivity contribution in [2.75, 3.05) is 13.2 Å². The number of carbonyl (C=O) groups is 4. The molecule has 2 aliphatic carbocycles. The summed E-state index contributed by atoms with van der Waals surface area (Å²) in [6, 6.07) is 0. The molecule has 0 amide bonds. The van der Waals surface area contributed by atoms with Crippen LogP contribution in [0.3, 0.4) is 0 Å². The van der Waals surface area contributed by atoms with E-state index in [1.54, 1.807) is 6.26 Å². The van der Waals surface area contributed by atoms with Crippen molar-refractivity contribution in [1.29, 1.82) is 0 Å². The van der Waals surface area contributed by atoms with E-state index < -0.39 is 76.4 Å². The molecule has 10 atom stereocenters. The fourth-order valence-corrected chi connectivity index (χ4v) is 7.75. The Morgan fingerprint density at radius 3 is 2.33 bits per heavy atom. The van der Waals surface area contributed by atoms with E-state index in [0.717, 1.165) is 5.57 Å². The molecule has 5 rings (SSSR count). The maximum atomic E-state index is 13.3. The van der Waals surface area contributed by atoms with Crippen molar-refractivity contribution < 1.29 is 57.4 Å². The lowest BCUT2D eigenvalue weighted by Gasteiger charge is -2.62. The molecule has 0 bridgehead atoms. The summed E-state index contributed by atoms with van der Waals surface area (Å²) in [5.41, 5.74) is -4.23. The van der Waals surface area contributed by atoms with Gasteiger partial charge < -0.3 is 38.3 Å². The average molecular weight is 593 g/mol. The molecule has 3 aliphatic heterocycles. The van der Waals surface area contributed by atoms with Crippen LogP contribution in [0.2, 0.25) is 0 Å². The minimum atomic E-state index is -1.66. The van der Waals surface area contributed by atoms with Gasteiger partial charge in [-0.2, -0.15) is 0 Å². The van der Waals surface area contributed by atoms with E-state index >= 15 is 0 Å². The third-order valence-electron chi connectivity index (χ3n) is 9.91. The molecule has 5 aliphatic rings. The highest BCUT2D eigenvalue weighted by Crippen LogP contribution is 2.69. The minimum absolute atomic E-state index is 0.0249. The van der Waals surface area contributed by atoms with Crippen LogP contribution in [0.15, 0.2) is 24.0 Å². The van der Waals surface area contributed by atoms with Gasteiger partial charge in [-0.05, 0) is 51.7 Å². The quantitative estimate of drug-likeness (QED) is 0.199. The molecule has 42 heavy (non-hydrogen) atoms. The second-order valence-electron chi connectivity index (χ2n) is 12.8. The summed E-state index contributed by atoms with van der Waals surface area (Å²) in [5, 5.41) is 11.7. The first-order valence-electron chi connectivity index (χ1n) is 14.3. The number of aliphatic hydroxyl groups excluding tert-OH is 1. The van der Waals surface area contributed by atoms with Gasteiger partial charge in [0.15, 0.2) is 6.10 Å². The lowest BCUT2D eigenvalue weighted by molar-refractivity contribution is -0.251. The lowest BCUT2D eigenvalue weighted by atomic mass is 9.44. The van der Waals surface area contributed by atoms with E-state index in [1.165, 1.54) is 34.6 Å².